The Kier molecular flexibility index (Phi) is 6.14. The molecule has 1 aromatic heterocycles. The Hall–Kier alpha value is -2.91. The Labute approximate surface area is 178 Å². The minimum atomic E-state index is -0.570. The maximum absolute atomic E-state index is 12.0. The van der Waals surface area contributed by atoms with Crippen LogP contribution in [0, 0.1) is 10.1 Å². The fourth-order valence-electron chi connectivity index (χ4n) is 2.95. The summed E-state index contributed by atoms with van der Waals surface area (Å²) in [6.45, 7) is 5.72. The molecule has 1 aliphatic rings. The molecule has 3 rings (SSSR count). The van der Waals surface area contributed by atoms with Crippen LogP contribution < -0.4 is 4.74 Å². The highest BCUT2D eigenvalue weighted by Crippen LogP contribution is 2.38. The zero-order valence-electron chi connectivity index (χ0n) is 16.8. The summed E-state index contributed by atoms with van der Waals surface area (Å²) in [5.74, 6) is 0.324. The van der Waals surface area contributed by atoms with Crippen molar-refractivity contribution in [1.29, 1.82) is 0 Å². The second kappa shape index (κ2) is 8.45. The Morgan fingerprint density at radius 1 is 1.33 bits per heavy atom. The quantitative estimate of drug-likeness (QED) is 0.560. The number of nitro benzene ring substituents is 1. The summed E-state index contributed by atoms with van der Waals surface area (Å²) in [7, 11) is 0. The number of ether oxygens (including phenoxy) is 2. The van der Waals surface area contributed by atoms with Gasteiger partial charge in [0, 0.05) is 23.9 Å². The number of aliphatic hydroxyl groups excluding tert-OH is 1. The molecule has 30 heavy (non-hydrogen) atoms. The lowest BCUT2D eigenvalue weighted by atomic mass is 10.0. The lowest BCUT2D eigenvalue weighted by Crippen LogP contribution is -2.57. The molecule has 1 aromatic carbocycles. The predicted molar refractivity (Wildman–Crippen MR) is 109 cm³/mol. The molecule has 1 N–H and O–H groups in total. The number of rotatable bonds is 5. The largest absolute Gasteiger partial charge is 0.484 e. The van der Waals surface area contributed by atoms with Crippen LogP contribution in [0.25, 0.3) is 11.1 Å². The molecule has 0 atom stereocenters. The molecule has 9 nitrogen and oxygen atoms in total. The highest BCUT2D eigenvalue weighted by Gasteiger charge is 2.35. The third-order valence-electron chi connectivity index (χ3n) is 4.40. The molecular formula is C20H22ClN3O6. The number of hydrogen-bond donors (Lipinski definition) is 1. The lowest BCUT2D eigenvalue weighted by molar-refractivity contribution is -0.384. The van der Waals surface area contributed by atoms with Gasteiger partial charge in [-0.05, 0) is 38.0 Å². The van der Waals surface area contributed by atoms with E-state index >= 15 is 0 Å². The summed E-state index contributed by atoms with van der Waals surface area (Å²) < 4.78 is 11.2. The number of carbonyl (C=O) groups excluding carboxylic acids is 1. The maximum Gasteiger partial charge on any atom is 0.410 e. The van der Waals surface area contributed by atoms with E-state index in [1.807, 2.05) is 0 Å². The number of carbonyl (C=O) groups is 1. The van der Waals surface area contributed by atoms with E-state index in [1.54, 1.807) is 20.8 Å². The van der Waals surface area contributed by atoms with Crippen LogP contribution >= 0.6 is 11.6 Å². The summed E-state index contributed by atoms with van der Waals surface area (Å²) in [5, 5.41) is 20.9. The summed E-state index contributed by atoms with van der Waals surface area (Å²) >= 11 is 6.50. The number of hydrogen-bond acceptors (Lipinski definition) is 7. The number of pyridine rings is 1. The molecule has 0 bridgehead atoms. The maximum atomic E-state index is 12.0. The van der Waals surface area contributed by atoms with Crippen molar-refractivity contribution >= 4 is 23.4 Å². The molecule has 0 spiro atoms. The standard InChI is InChI=1S/C20H22ClN3O6/c1-20(2,3)30-19(26)23-9-14(10-23)29-17-8-22-7-16(18(17)21)15-5-4-13(24(27)28)6-12(15)11-25/h4-8,14,25H,9-11H2,1-3H3. The Morgan fingerprint density at radius 2 is 2.03 bits per heavy atom. The van der Waals surface area contributed by atoms with Crippen LogP contribution in [0.5, 0.6) is 5.75 Å². The van der Waals surface area contributed by atoms with Crippen LogP contribution in [0.1, 0.15) is 26.3 Å². The molecule has 2 aromatic rings. The van der Waals surface area contributed by atoms with Crippen molar-refractivity contribution in [3.8, 4) is 16.9 Å². The molecule has 160 valence electrons. The molecule has 10 heteroatoms. The van der Waals surface area contributed by atoms with Crippen molar-refractivity contribution < 1.29 is 24.3 Å². The topological polar surface area (TPSA) is 115 Å². The predicted octanol–water partition coefficient (Wildman–Crippen LogP) is 3.80. The van der Waals surface area contributed by atoms with Gasteiger partial charge in [0.05, 0.1) is 35.8 Å². The van der Waals surface area contributed by atoms with E-state index in [0.29, 0.717) is 35.5 Å². The van der Waals surface area contributed by atoms with Crippen molar-refractivity contribution in [2.24, 2.45) is 0 Å². The Bertz CT molecular complexity index is 969. The average molecular weight is 436 g/mol. The summed E-state index contributed by atoms with van der Waals surface area (Å²) in [6.07, 6.45) is 2.30. The zero-order valence-corrected chi connectivity index (χ0v) is 17.5. The molecule has 1 amide bonds. The van der Waals surface area contributed by atoms with Crippen molar-refractivity contribution in [3.63, 3.8) is 0 Å². The molecule has 1 aliphatic heterocycles. The van der Waals surface area contributed by atoms with Crippen molar-refractivity contribution in [3.05, 3.63) is 51.3 Å². The van der Waals surface area contributed by atoms with Crippen LogP contribution in [0.2, 0.25) is 5.02 Å². The van der Waals surface area contributed by atoms with E-state index in [2.05, 4.69) is 4.98 Å². The monoisotopic (exact) mass is 435 g/mol. The van der Waals surface area contributed by atoms with E-state index in [0.717, 1.165) is 0 Å². The van der Waals surface area contributed by atoms with Crippen LogP contribution in [-0.2, 0) is 11.3 Å². The summed E-state index contributed by atoms with van der Waals surface area (Å²) in [5.41, 5.74) is 0.659. The second-order valence-electron chi connectivity index (χ2n) is 7.88. The van der Waals surface area contributed by atoms with Crippen molar-refractivity contribution in [1.82, 2.24) is 9.88 Å². The third kappa shape index (κ3) is 4.80. The number of benzene rings is 1. The molecule has 1 fully saturated rings. The van der Waals surface area contributed by atoms with Crippen LogP contribution in [0.15, 0.2) is 30.6 Å². The minimum absolute atomic E-state index is 0.129. The second-order valence-corrected chi connectivity index (χ2v) is 8.26. The molecule has 0 saturated carbocycles. The highest BCUT2D eigenvalue weighted by molar-refractivity contribution is 6.34. The number of aliphatic hydroxyl groups is 1. The molecule has 1 saturated heterocycles. The minimum Gasteiger partial charge on any atom is -0.484 e. The molecule has 2 heterocycles. The number of likely N-dealkylation sites (tertiary alicyclic amines) is 1. The van der Waals surface area contributed by atoms with Crippen LogP contribution in [-0.4, -0.2) is 50.8 Å². The zero-order chi connectivity index (χ0) is 22.1. The average Bonchev–Trinajstić information content (AvgIpc) is 2.63. The van der Waals surface area contributed by atoms with Gasteiger partial charge in [-0.3, -0.25) is 15.1 Å². The summed E-state index contributed by atoms with van der Waals surface area (Å²) in [4.78, 5) is 28.1. The summed E-state index contributed by atoms with van der Waals surface area (Å²) in [6, 6.07) is 4.15. The van der Waals surface area contributed by atoms with Crippen molar-refractivity contribution in [2.45, 2.75) is 39.1 Å². The van der Waals surface area contributed by atoms with Gasteiger partial charge in [-0.2, -0.15) is 0 Å². The number of halogens is 1. The van der Waals surface area contributed by atoms with Gasteiger partial charge in [0.15, 0.2) is 5.75 Å². The smallest absolute Gasteiger partial charge is 0.410 e. The number of nitro groups is 1. The van der Waals surface area contributed by atoms with Gasteiger partial charge in [0.25, 0.3) is 5.69 Å². The number of amides is 1. The van der Waals surface area contributed by atoms with Gasteiger partial charge in [-0.25, -0.2) is 4.79 Å². The van der Waals surface area contributed by atoms with Crippen LogP contribution in [0.3, 0.4) is 0 Å². The first-order chi connectivity index (χ1) is 14.1. The fourth-order valence-corrected chi connectivity index (χ4v) is 3.19. The van der Waals surface area contributed by atoms with E-state index in [4.69, 9.17) is 21.1 Å². The van der Waals surface area contributed by atoms with Gasteiger partial charge in [0.1, 0.15) is 11.7 Å². The molecule has 0 unspecified atom stereocenters. The van der Waals surface area contributed by atoms with E-state index in [9.17, 15) is 20.0 Å². The SMILES string of the molecule is CC(C)(C)OC(=O)N1CC(Oc2cncc(-c3ccc([N+](=O)[O-])cc3CO)c2Cl)C1. The molecule has 0 aliphatic carbocycles. The third-order valence-corrected chi connectivity index (χ3v) is 4.79. The molecular weight excluding hydrogens is 414 g/mol. The fraction of sp³-hybridized carbons (Fsp3) is 0.400. The van der Waals surface area contributed by atoms with E-state index < -0.39 is 23.2 Å². The van der Waals surface area contributed by atoms with Gasteiger partial charge in [-0.15, -0.1) is 0 Å². The lowest BCUT2D eigenvalue weighted by Gasteiger charge is -2.39. The number of non-ortho nitro benzene ring substituents is 1. The molecule has 0 radical (unpaired) electrons. The number of aromatic nitrogens is 1. The van der Waals surface area contributed by atoms with Gasteiger partial charge in [0.2, 0.25) is 0 Å². The first-order valence-corrected chi connectivity index (χ1v) is 9.63. The number of nitrogens with zero attached hydrogens (tertiary/aromatic N) is 3. The first-order valence-electron chi connectivity index (χ1n) is 9.25. The van der Waals surface area contributed by atoms with E-state index in [1.165, 1.54) is 35.5 Å². The van der Waals surface area contributed by atoms with Gasteiger partial charge < -0.3 is 19.5 Å². The van der Waals surface area contributed by atoms with Crippen LogP contribution in [0.4, 0.5) is 10.5 Å². The highest BCUT2D eigenvalue weighted by atomic mass is 35.5. The van der Waals surface area contributed by atoms with Crippen molar-refractivity contribution in [2.75, 3.05) is 13.1 Å². The Morgan fingerprint density at radius 3 is 2.63 bits per heavy atom. The normalized spacial score (nSPS) is 14.2. The Balaban J connectivity index is 1.74. The van der Waals surface area contributed by atoms with E-state index in [-0.39, 0.29) is 16.8 Å². The first kappa shape index (κ1) is 21.8. The van der Waals surface area contributed by atoms with Gasteiger partial charge >= 0.3 is 6.09 Å². The van der Waals surface area contributed by atoms with Gasteiger partial charge in [-0.1, -0.05) is 11.6 Å².